The Balaban J connectivity index is 2.35. The molecule has 0 aliphatic carbocycles. The van der Waals surface area contributed by atoms with Gasteiger partial charge in [-0.2, -0.15) is 0 Å². The highest BCUT2D eigenvalue weighted by molar-refractivity contribution is 6.04. The van der Waals surface area contributed by atoms with E-state index >= 15 is 0 Å². The molecule has 2 aromatic rings. The Morgan fingerprint density at radius 1 is 0.895 bits per heavy atom. The molecule has 0 aliphatic rings. The van der Waals surface area contributed by atoms with Crippen LogP contribution in [0.15, 0.2) is 36.4 Å². The van der Waals surface area contributed by atoms with E-state index in [9.17, 15) is 22.4 Å². The highest BCUT2D eigenvalue weighted by Gasteiger charge is 2.22. The zero-order valence-corrected chi connectivity index (χ0v) is 9.38. The Labute approximate surface area is 105 Å². The van der Waals surface area contributed by atoms with Crippen molar-refractivity contribution in [2.45, 2.75) is 0 Å². The maximum absolute atomic E-state index is 13.4. The van der Waals surface area contributed by atoms with Crippen molar-refractivity contribution in [2.75, 3.05) is 5.32 Å². The van der Waals surface area contributed by atoms with Crippen molar-refractivity contribution in [2.24, 2.45) is 0 Å². The number of hydrogen-bond acceptors (Lipinski definition) is 1. The first-order valence-corrected chi connectivity index (χ1v) is 5.20. The van der Waals surface area contributed by atoms with Crippen LogP contribution in [0, 0.1) is 23.3 Å². The highest BCUT2D eigenvalue weighted by atomic mass is 19.2. The SMILES string of the molecule is O=C(Nc1ccccc1)c1cc(F)c(F)c(F)c1F. The van der Waals surface area contributed by atoms with E-state index in [-0.39, 0.29) is 0 Å². The molecule has 0 unspecified atom stereocenters. The van der Waals surface area contributed by atoms with Crippen LogP contribution in [0.3, 0.4) is 0 Å². The number of amides is 1. The molecule has 19 heavy (non-hydrogen) atoms. The zero-order chi connectivity index (χ0) is 14.0. The topological polar surface area (TPSA) is 29.1 Å². The Hall–Kier alpha value is -2.37. The number of halogens is 4. The van der Waals surface area contributed by atoms with Crippen LogP contribution in [0.4, 0.5) is 23.2 Å². The molecular weight excluding hydrogens is 262 g/mol. The molecule has 2 nitrogen and oxygen atoms in total. The largest absolute Gasteiger partial charge is 0.322 e. The van der Waals surface area contributed by atoms with Gasteiger partial charge in [0.1, 0.15) is 0 Å². The lowest BCUT2D eigenvalue weighted by Crippen LogP contribution is -2.16. The summed E-state index contributed by atoms with van der Waals surface area (Å²) in [6.45, 7) is 0. The first-order valence-electron chi connectivity index (χ1n) is 5.20. The molecule has 2 aromatic carbocycles. The summed E-state index contributed by atoms with van der Waals surface area (Å²) in [5.74, 6) is -8.39. The summed E-state index contributed by atoms with van der Waals surface area (Å²) in [5, 5.41) is 2.24. The van der Waals surface area contributed by atoms with Gasteiger partial charge in [-0.1, -0.05) is 18.2 Å². The van der Waals surface area contributed by atoms with E-state index in [4.69, 9.17) is 0 Å². The molecular formula is C13H7F4NO. The number of rotatable bonds is 2. The van der Waals surface area contributed by atoms with E-state index in [0.717, 1.165) is 0 Å². The normalized spacial score (nSPS) is 10.3. The molecule has 0 bridgehead atoms. The number of anilines is 1. The van der Waals surface area contributed by atoms with Gasteiger partial charge in [0.15, 0.2) is 23.3 Å². The lowest BCUT2D eigenvalue weighted by atomic mass is 10.1. The molecule has 0 heterocycles. The second-order valence-corrected chi connectivity index (χ2v) is 3.67. The minimum absolute atomic E-state index is 0.312. The van der Waals surface area contributed by atoms with Crippen LogP contribution in [-0.4, -0.2) is 5.91 Å². The van der Waals surface area contributed by atoms with Gasteiger partial charge < -0.3 is 5.32 Å². The molecule has 0 saturated carbocycles. The average molecular weight is 269 g/mol. The highest BCUT2D eigenvalue weighted by Crippen LogP contribution is 2.19. The van der Waals surface area contributed by atoms with Crippen LogP contribution < -0.4 is 5.32 Å². The molecule has 0 radical (unpaired) electrons. The van der Waals surface area contributed by atoms with E-state index < -0.39 is 34.7 Å². The fraction of sp³-hybridized carbons (Fsp3) is 0. The van der Waals surface area contributed by atoms with Gasteiger partial charge in [0.2, 0.25) is 0 Å². The standard InChI is InChI=1S/C13H7F4NO/c14-9-6-8(10(15)12(17)11(9)16)13(19)18-7-4-2-1-3-5-7/h1-6H,(H,18,19). The van der Waals surface area contributed by atoms with Crippen LogP contribution in [0.2, 0.25) is 0 Å². The molecule has 1 amide bonds. The van der Waals surface area contributed by atoms with E-state index in [1.54, 1.807) is 18.2 Å². The molecule has 98 valence electrons. The lowest BCUT2D eigenvalue weighted by Gasteiger charge is -2.07. The molecule has 1 N–H and O–H groups in total. The summed E-state index contributed by atoms with van der Waals surface area (Å²) >= 11 is 0. The smallest absolute Gasteiger partial charge is 0.258 e. The van der Waals surface area contributed by atoms with Gasteiger partial charge in [0.25, 0.3) is 5.91 Å². The second-order valence-electron chi connectivity index (χ2n) is 3.67. The van der Waals surface area contributed by atoms with E-state index in [1.807, 2.05) is 0 Å². The average Bonchev–Trinajstić information content (AvgIpc) is 2.41. The summed E-state index contributed by atoms with van der Waals surface area (Å²) in [6, 6.07) is 8.23. The number of hydrogen-bond donors (Lipinski definition) is 1. The third-order valence-electron chi connectivity index (χ3n) is 2.38. The molecule has 0 spiro atoms. The van der Waals surface area contributed by atoms with Gasteiger partial charge in [-0.15, -0.1) is 0 Å². The molecule has 2 rings (SSSR count). The fourth-order valence-corrected chi connectivity index (χ4v) is 1.46. The molecule has 0 saturated heterocycles. The number of carbonyl (C=O) groups excluding carboxylic acids is 1. The fourth-order valence-electron chi connectivity index (χ4n) is 1.46. The summed E-state index contributed by atoms with van der Waals surface area (Å²) in [7, 11) is 0. The quantitative estimate of drug-likeness (QED) is 0.504. The van der Waals surface area contributed by atoms with Crippen molar-refractivity contribution in [3.8, 4) is 0 Å². The van der Waals surface area contributed by atoms with E-state index in [0.29, 0.717) is 11.8 Å². The van der Waals surface area contributed by atoms with Gasteiger partial charge in [0, 0.05) is 5.69 Å². The Kier molecular flexibility index (Phi) is 3.50. The predicted molar refractivity (Wildman–Crippen MR) is 60.7 cm³/mol. The number of para-hydroxylation sites is 1. The molecule has 0 atom stereocenters. The maximum atomic E-state index is 13.4. The number of carbonyl (C=O) groups is 1. The molecule has 6 heteroatoms. The predicted octanol–water partition coefficient (Wildman–Crippen LogP) is 3.50. The third kappa shape index (κ3) is 2.57. The van der Waals surface area contributed by atoms with Gasteiger partial charge in [0.05, 0.1) is 5.56 Å². The van der Waals surface area contributed by atoms with Crippen molar-refractivity contribution in [3.05, 3.63) is 65.2 Å². The monoisotopic (exact) mass is 269 g/mol. The van der Waals surface area contributed by atoms with E-state index in [2.05, 4.69) is 5.32 Å². The van der Waals surface area contributed by atoms with Crippen molar-refractivity contribution in [3.63, 3.8) is 0 Å². The Bertz CT molecular complexity index is 628. The Morgan fingerprint density at radius 3 is 2.16 bits per heavy atom. The number of nitrogens with one attached hydrogen (secondary N) is 1. The van der Waals surface area contributed by atoms with Crippen LogP contribution in [-0.2, 0) is 0 Å². The first-order chi connectivity index (χ1) is 9.00. The summed E-state index contributed by atoms with van der Waals surface area (Å²) < 4.78 is 52.0. The van der Waals surface area contributed by atoms with Gasteiger partial charge in [-0.05, 0) is 18.2 Å². The van der Waals surface area contributed by atoms with Gasteiger partial charge in [-0.3, -0.25) is 4.79 Å². The van der Waals surface area contributed by atoms with E-state index in [1.165, 1.54) is 12.1 Å². The van der Waals surface area contributed by atoms with Crippen LogP contribution in [0.5, 0.6) is 0 Å². The van der Waals surface area contributed by atoms with Crippen molar-refractivity contribution < 1.29 is 22.4 Å². The van der Waals surface area contributed by atoms with Crippen molar-refractivity contribution in [1.29, 1.82) is 0 Å². The first kappa shape index (κ1) is 13.1. The molecule has 0 fully saturated rings. The Morgan fingerprint density at radius 2 is 1.53 bits per heavy atom. The minimum atomic E-state index is -2.02. The summed E-state index contributed by atoms with van der Waals surface area (Å²) in [4.78, 5) is 11.6. The number of benzene rings is 2. The summed E-state index contributed by atoms with van der Waals surface area (Å²) in [5.41, 5.74) is -0.586. The third-order valence-corrected chi connectivity index (χ3v) is 2.38. The minimum Gasteiger partial charge on any atom is -0.322 e. The van der Waals surface area contributed by atoms with Gasteiger partial charge >= 0.3 is 0 Å². The maximum Gasteiger partial charge on any atom is 0.258 e. The summed E-state index contributed by atoms with van der Waals surface area (Å²) in [6.07, 6.45) is 0. The molecule has 0 aliphatic heterocycles. The zero-order valence-electron chi connectivity index (χ0n) is 9.38. The van der Waals surface area contributed by atoms with Crippen molar-refractivity contribution >= 4 is 11.6 Å². The van der Waals surface area contributed by atoms with Crippen LogP contribution in [0.25, 0.3) is 0 Å². The van der Waals surface area contributed by atoms with Crippen LogP contribution in [0.1, 0.15) is 10.4 Å². The molecule has 0 aromatic heterocycles. The second kappa shape index (κ2) is 5.09. The lowest BCUT2D eigenvalue weighted by molar-refractivity contribution is 0.102. The van der Waals surface area contributed by atoms with Crippen molar-refractivity contribution in [1.82, 2.24) is 0 Å². The van der Waals surface area contributed by atoms with Gasteiger partial charge in [-0.25, -0.2) is 17.6 Å². The van der Waals surface area contributed by atoms with Crippen LogP contribution >= 0.6 is 0 Å².